The van der Waals surface area contributed by atoms with Gasteiger partial charge in [-0.3, -0.25) is 0 Å². The van der Waals surface area contributed by atoms with Crippen molar-refractivity contribution in [3.63, 3.8) is 0 Å². The standard InChI is InChI=1S/C20H20BrClN2O.C2HF3O2/c21-14-2-7-17-18-8-9-23-13-20(18)24(19(17)12-14)10-1-11-25-16-5-3-15(22)4-6-16;3-2(4,5)1(6)7/h2-7,12,23H,1,8-11,13H2;(H,6,7). The third-order valence-electron chi connectivity index (χ3n) is 4.95. The van der Waals surface area contributed by atoms with Crippen LogP contribution in [0.5, 0.6) is 5.75 Å². The summed E-state index contributed by atoms with van der Waals surface area (Å²) in [6, 6.07) is 14.1. The highest BCUT2D eigenvalue weighted by atomic mass is 79.9. The van der Waals surface area contributed by atoms with Gasteiger partial charge < -0.3 is 19.7 Å². The number of aromatic nitrogens is 1. The number of aryl methyl sites for hydroxylation is 1. The van der Waals surface area contributed by atoms with Crippen molar-refractivity contribution in [3.05, 3.63) is 63.2 Å². The van der Waals surface area contributed by atoms with Crippen LogP contribution >= 0.6 is 27.5 Å². The topological polar surface area (TPSA) is 63.5 Å². The van der Waals surface area contributed by atoms with Crippen LogP contribution in [0.1, 0.15) is 17.7 Å². The van der Waals surface area contributed by atoms with Crippen molar-refractivity contribution >= 4 is 44.4 Å². The Morgan fingerprint density at radius 3 is 2.56 bits per heavy atom. The zero-order chi connectivity index (χ0) is 23.3. The van der Waals surface area contributed by atoms with Crippen molar-refractivity contribution in [2.24, 2.45) is 0 Å². The van der Waals surface area contributed by atoms with Crippen LogP contribution in [-0.2, 0) is 24.3 Å². The molecule has 1 aliphatic rings. The lowest BCUT2D eigenvalue weighted by molar-refractivity contribution is -0.192. The van der Waals surface area contributed by atoms with Crippen LogP contribution in [0.2, 0.25) is 5.02 Å². The molecule has 0 spiro atoms. The van der Waals surface area contributed by atoms with Crippen LogP contribution in [0.4, 0.5) is 13.2 Å². The third-order valence-corrected chi connectivity index (χ3v) is 5.69. The number of alkyl halides is 3. The van der Waals surface area contributed by atoms with Gasteiger partial charge in [-0.05, 0) is 61.3 Å². The first-order valence-electron chi connectivity index (χ1n) is 9.85. The number of rotatable bonds is 5. The van der Waals surface area contributed by atoms with Crippen LogP contribution in [0.15, 0.2) is 46.9 Å². The molecule has 5 nitrogen and oxygen atoms in total. The van der Waals surface area contributed by atoms with E-state index in [0.29, 0.717) is 6.61 Å². The number of hydrogen-bond acceptors (Lipinski definition) is 3. The van der Waals surface area contributed by atoms with Crippen molar-refractivity contribution < 1.29 is 27.8 Å². The molecule has 0 saturated carbocycles. The van der Waals surface area contributed by atoms with Gasteiger partial charge in [0.2, 0.25) is 0 Å². The molecule has 0 saturated heterocycles. The van der Waals surface area contributed by atoms with Crippen molar-refractivity contribution in [1.82, 2.24) is 9.88 Å². The third kappa shape index (κ3) is 6.17. The Morgan fingerprint density at radius 2 is 1.91 bits per heavy atom. The molecule has 0 fully saturated rings. The predicted molar refractivity (Wildman–Crippen MR) is 120 cm³/mol. The number of benzene rings is 2. The highest BCUT2D eigenvalue weighted by Gasteiger charge is 2.38. The molecule has 0 unspecified atom stereocenters. The lowest BCUT2D eigenvalue weighted by Crippen LogP contribution is -2.25. The number of fused-ring (bicyclic) bond motifs is 3. The van der Waals surface area contributed by atoms with Crippen LogP contribution in [0, 0.1) is 0 Å². The summed E-state index contributed by atoms with van der Waals surface area (Å²) in [5.41, 5.74) is 4.24. The van der Waals surface area contributed by atoms with E-state index in [-0.39, 0.29) is 0 Å². The largest absolute Gasteiger partial charge is 0.494 e. The summed E-state index contributed by atoms with van der Waals surface area (Å²) < 4.78 is 41.2. The molecule has 2 aromatic carbocycles. The second kappa shape index (κ2) is 10.6. The number of halogens is 5. The van der Waals surface area contributed by atoms with Crippen molar-refractivity contribution in [1.29, 1.82) is 0 Å². The second-order valence-electron chi connectivity index (χ2n) is 7.12. The molecular weight excluding hydrogens is 513 g/mol. The molecule has 0 bridgehead atoms. The minimum atomic E-state index is -5.08. The van der Waals surface area contributed by atoms with Gasteiger partial charge in [0.05, 0.1) is 6.61 Å². The van der Waals surface area contributed by atoms with E-state index in [2.05, 4.69) is 44.0 Å². The summed E-state index contributed by atoms with van der Waals surface area (Å²) in [5, 5.41) is 12.7. The molecule has 32 heavy (non-hydrogen) atoms. The highest BCUT2D eigenvalue weighted by Crippen LogP contribution is 2.31. The van der Waals surface area contributed by atoms with Gasteiger partial charge in [0, 0.05) is 39.2 Å². The van der Waals surface area contributed by atoms with Crippen LogP contribution in [-0.4, -0.2) is 35.0 Å². The Morgan fingerprint density at radius 1 is 1.22 bits per heavy atom. The number of carboxylic acid groups (broad SMARTS) is 1. The first-order chi connectivity index (χ1) is 15.2. The number of nitrogens with zero attached hydrogens (tertiary/aromatic N) is 1. The van der Waals surface area contributed by atoms with Crippen molar-refractivity contribution in [3.8, 4) is 5.75 Å². The number of nitrogens with one attached hydrogen (secondary N) is 1. The van der Waals surface area contributed by atoms with Crippen LogP contribution in [0.3, 0.4) is 0 Å². The maximum atomic E-state index is 10.6. The van der Waals surface area contributed by atoms with Gasteiger partial charge in [-0.2, -0.15) is 13.2 Å². The van der Waals surface area contributed by atoms with Crippen LogP contribution < -0.4 is 10.1 Å². The molecule has 10 heteroatoms. The Hall–Kier alpha value is -2.23. The van der Waals surface area contributed by atoms with Gasteiger partial charge >= 0.3 is 12.1 Å². The van der Waals surface area contributed by atoms with Gasteiger partial charge in [0.25, 0.3) is 0 Å². The van der Waals surface area contributed by atoms with E-state index in [1.165, 1.54) is 22.2 Å². The predicted octanol–water partition coefficient (Wildman–Crippen LogP) is 5.81. The number of hydrogen-bond donors (Lipinski definition) is 2. The Kier molecular flexibility index (Phi) is 8.08. The van der Waals surface area contributed by atoms with Crippen LogP contribution in [0.25, 0.3) is 10.9 Å². The molecule has 1 aliphatic heterocycles. The van der Waals surface area contributed by atoms with Gasteiger partial charge in [0.1, 0.15) is 5.75 Å². The summed E-state index contributed by atoms with van der Waals surface area (Å²) in [7, 11) is 0. The lowest BCUT2D eigenvalue weighted by Gasteiger charge is -2.17. The number of carbonyl (C=O) groups is 1. The molecule has 0 amide bonds. The zero-order valence-electron chi connectivity index (χ0n) is 16.9. The molecule has 0 atom stereocenters. The zero-order valence-corrected chi connectivity index (χ0v) is 19.2. The molecule has 0 aliphatic carbocycles. The van der Waals surface area contributed by atoms with Gasteiger partial charge in [-0.1, -0.05) is 33.6 Å². The normalized spacial score (nSPS) is 13.3. The van der Waals surface area contributed by atoms with Gasteiger partial charge in [0.15, 0.2) is 0 Å². The highest BCUT2D eigenvalue weighted by molar-refractivity contribution is 9.10. The summed E-state index contributed by atoms with van der Waals surface area (Å²) in [5.74, 6) is -1.89. The average Bonchev–Trinajstić information content (AvgIpc) is 3.05. The van der Waals surface area contributed by atoms with Gasteiger partial charge in [-0.15, -0.1) is 0 Å². The lowest BCUT2D eigenvalue weighted by atomic mass is 10.1. The van der Waals surface area contributed by atoms with Crippen molar-refractivity contribution in [2.75, 3.05) is 13.2 Å². The van der Waals surface area contributed by atoms with E-state index < -0.39 is 12.1 Å². The summed E-state index contributed by atoms with van der Waals surface area (Å²) in [4.78, 5) is 8.90. The smallest absolute Gasteiger partial charge is 0.490 e. The van der Waals surface area contributed by atoms with Crippen molar-refractivity contribution in [2.45, 2.75) is 32.1 Å². The van der Waals surface area contributed by atoms with E-state index in [1.54, 1.807) is 0 Å². The first kappa shape index (κ1) is 24.4. The quantitative estimate of drug-likeness (QED) is 0.407. The number of carboxylic acids is 1. The van der Waals surface area contributed by atoms with E-state index in [0.717, 1.165) is 47.7 Å². The number of ether oxygens (including phenoxy) is 1. The molecule has 2 N–H and O–H groups in total. The number of aliphatic carboxylic acids is 1. The monoisotopic (exact) mass is 532 g/mol. The van der Waals surface area contributed by atoms with E-state index in [4.69, 9.17) is 26.2 Å². The second-order valence-corrected chi connectivity index (χ2v) is 8.48. The van der Waals surface area contributed by atoms with E-state index in [9.17, 15) is 13.2 Å². The SMILES string of the molecule is Clc1ccc(OCCCn2c3c(c4ccc(Br)cc42)CCNC3)cc1.O=C(O)C(F)(F)F. The Bertz CT molecular complexity index is 1080. The summed E-state index contributed by atoms with van der Waals surface area (Å²) in [6.45, 7) is 3.65. The van der Waals surface area contributed by atoms with E-state index in [1.807, 2.05) is 24.3 Å². The molecule has 1 aromatic heterocycles. The molecule has 172 valence electrons. The molecule has 3 aromatic rings. The fraction of sp³-hybridized carbons (Fsp3) is 0.318. The first-order valence-corrected chi connectivity index (χ1v) is 11.0. The Labute approximate surface area is 196 Å². The maximum absolute atomic E-state index is 10.6. The minimum absolute atomic E-state index is 0.692. The summed E-state index contributed by atoms with van der Waals surface area (Å²) >= 11 is 9.52. The fourth-order valence-electron chi connectivity index (χ4n) is 3.55. The fourth-order valence-corrected chi connectivity index (χ4v) is 4.02. The average molecular weight is 534 g/mol. The summed E-state index contributed by atoms with van der Waals surface area (Å²) in [6.07, 6.45) is -3.02. The maximum Gasteiger partial charge on any atom is 0.490 e. The van der Waals surface area contributed by atoms with Gasteiger partial charge in [-0.25, -0.2) is 4.79 Å². The molecule has 4 rings (SSSR count). The minimum Gasteiger partial charge on any atom is -0.494 e. The van der Waals surface area contributed by atoms with E-state index >= 15 is 0 Å². The molecule has 0 radical (unpaired) electrons. The molecule has 2 heterocycles. The molecular formula is C22H21BrClF3N2O3. The Balaban J connectivity index is 0.000000360.